The first-order chi connectivity index (χ1) is 12.6. The first-order valence-corrected chi connectivity index (χ1v) is 9.48. The highest BCUT2D eigenvalue weighted by Crippen LogP contribution is 2.28. The minimum atomic E-state index is -0.958. The third kappa shape index (κ3) is 4.27. The number of benzene rings is 1. The summed E-state index contributed by atoms with van der Waals surface area (Å²) in [5.74, 6) is -0.436. The molecule has 0 saturated heterocycles. The van der Waals surface area contributed by atoms with Gasteiger partial charge in [-0.1, -0.05) is 12.1 Å². The lowest BCUT2D eigenvalue weighted by Crippen LogP contribution is -2.30. The molecule has 1 N–H and O–H groups in total. The van der Waals surface area contributed by atoms with Crippen molar-refractivity contribution in [3.8, 4) is 15.6 Å². The molecule has 0 fully saturated rings. The topological polar surface area (TPSA) is 77.5 Å². The summed E-state index contributed by atoms with van der Waals surface area (Å²) in [6, 6.07) is 10.8. The number of nitrogens with zero attached hydrogens (tertiary/aromatic N) is 1. The summed E-state index contributed by atoms with van der Waals surface area (Å²) >= 11 is 2.91. The SMILES string of the molecule is COc1cccc(NC(=O)[C@H](C)OC(=O)c2csc(-c3cccs3)n2)c1. The highest BCUT2D eigenvalue weighted by atomic mass is 32.1. The molecule has 0 radical (unpaired) electrons. The Morgan fingerprint density at radius 1 is 1.19 bits per heavy atom. The van der Waals surface area contributed by atoms with Gasteiger partial charge in [0.05, 0.1) is 12.0 Å². The van der Waals surface area contributed by atoms with Gasteiger partial charge in [-0.25, -0.2) is 9.78 Å². The average molecular weight is 388 g/mol. The monoisotopic (exact) mass is 388 g/mol. The van der Waals surface area contributed by atoms with Crippen LogP contribution < -0.4 is 10.1 Å². The van der Waals surface area contributed by atoms with Gasteiger partial charge in [0.1, 0.15) is 10.8 Å². The van der Waals surface area contributed by atoms with Crippen LogP contribution in [0.5, 0.6) is 5.75 Å². The molecule has 3 rings (SSSR count). The molecule has 0 unspecified atom stereocenters. The van der Waals surface area contributed by atoms with Gasteiger partial charge in [0.15, 0.2) is 11.8 Å². The van der Waals surface area contributed by atoms with Crippen molar-refractivity contribution in [3.05, 3.63) is 52.9 Å². The van der Waals surface area contributed by atoms with Crippen LogP contribution >= 0.6 is 22.7 Å². The molecule has 1 atom stereocenters. The van der Waals surface area contributed by atoms with Crippen LogP contribution in [-0.4, -0.2) is 30.1 Å². The first-order valence-electron chi connectivity index (χ1n) is 7.72. The Kier molecular flexibility index (Phi) is 5.65. The van der Waals surface area contributed by atoms with Crippen molar-refractivity contribution < 1.29 is 19.1 Å². The Labute approximate surface area is 158 Å². The zero-order valence-electron chi connectivity index (χ0n) is 14.1. The lowest BCUT2D eigenvalue weighted by atomic mass is 10.3. The van der Waals surface area contributed by atoms with E-state index >= 15 is 0 Å². The van der Waals surface area contributed by atoms with E-state index in [0.717, 1.165) is 9.88 Å². The molecule has 2 heterocycles. The van der Waals surface area contributed by atoms with Crippen LogP contribution in [0.2, 0.25) is 0 Å². The fraction of sp³-hybridized carbons (Fsp3) is 0.167. The molecule has 3 aromatic rings. The number of thiophene rings is 1. The molecule has 0 aliphatic carbocycles. The second kappa shape index (κ2) is 8.11. The van der Waals surface area contributed by atoms with Crippen LogP contribution in [0.1, 0.15) is 17.4 Å². The lowest BCUT2D eigenvalue weighted by molar-refractivity contribution is -0.123. The molecule has 134 valence electrons. The summed E-state index contributed by atoms with van der Waals surface area (Å²) in [6.45, 7) is 1.51. The Balaban J connectivity index is 1.60. The summed E-state index contributed by atoms with van der Waals surface area (Å²) in [4.78, 5) is 29.7. The molecule has 1 aromatic carbocycles. The largest absolute Gasteiger partial charge is 0.497 e. The normalized spacial score (nSPS) is 11.6. The third-order valence-electron chi connectivity index (χ3n) is 3.44. The maximum absolute atomic E-state index is 12.2. The van der Waals surface area contributed by atoms with Gasteiger partial charge in [-0.05, 0) is 30.5 Å². The van der Waals surface area contributed by atoms with Crippen molar-refractivity contribution in [1.29, 1.82) is 0 Å². The van der Waals surface area contributed by atoms with Crippen molar-refractivity contribution in [1.82, 2.24) is 4.98 Å². The van der Waals surface area contributed by atoms with Gasteiger partial charge >= 0.3 is 5.97 Å². The molecule has 26 heavy (non-hydrogen) atoms. The van der Waals surface area contributed by atoms with E-state index in [1.165, 1.54) is 18.3 Å². The Bertz CT molecular complexity index is 906. The van der Waals surface area contributed by atoms with Crippen LogP contribution in [0.4, 0.5) is 5.69 Å². The minimum absolute atomic E-state index is 0.194. The van der Waals surface area contributed by atoms with E-state index in [9.17, 15) is 9.59 Å². The molecule has 0 saturated carbocycles. The predicted octanol–water partition coefficient (Wildman–Crippen LogP) is 4.06. The highest BCUT2D eigenvalue weighted by molar-refractivity contribution is 7.20. The van der Waals surface area contributed by atoms with Crippen molar-refractivity contribution in [2.45, 2.75) is 13.0 Å². The number of esters is 1. The molecule has 2 aromatic heterocycles. The number of anilines is 1. The minimum Gasteiger partial charge on any atom is -0.497 e. The van der Waals surface area contributed by atoms with Crippen molar-refractivity contribution in [3.63, 3.8) is 0 Å². The van der Waals surface area contributed by atoms with Gasteiger partial charge in [0.2, 0.25) is 0 Å². The number of aromatic nitrogens is 1. The fourth-order valence-electron chi connectivity index (χ4n) is 2.10. The quantitative estimate of drug-likeness (QED) is 0.644. The number of carbonyl (C=O) groups is 2. The van der Waals surface area contributed by atoms with Crippen LogP contribution in [0.25, 0.3) is 9.88 Å². The first kappa shape index (κ1) is 18.1. The third-order valence-corrected chi connectivity index (χ3v) is 5.32. The van der Waals surface area contributed by atoms with Crippen molar-refractivity contribution in [2.24, 2.45) is 0 Å². The fourth-order valence-corrected chi connectivity index (χ4v) is 3.70. The standard InChI is InChI=1S/C18H16N2O4S2/c1-11(16(21)19-12-5-3-6-13(9-12)23-2)24-18(22)14-10-26-17(20-14)15-7-4-8-25-15/h3-11H,1-2H3,(H,19,21)/t11-/m0/s1. The summed E-state index contributed by atoms with van der Waals surface area (Å²) in [7, 11) is 1.55. The number of nitrogens with one attached hydrogen (secondary N) is 1. The number of methoxy groups -OCH3 is 1. The second-order valence-corrected chi connectivity index (χ2v) is 7.09. The smallest absolute Gasteiger partial charge is 0.358 e. The molecule has 1 amide bonds. The maximum atomic E-state index is 12.2. The Hall–Kier alpha value is -2.71. The molecule has 0 spiro atoms. The number of thiazole rings is 1. The molecule has 6 nitrogen and oxygen atoms in total. The Morgan fingerprint density at radius 3 is 2.77 bits per heavy atom. The predicted molar refractivity (Wildman–Crippen MR) is 102 cm³/mol. The van der Waals surface area contributed by atoms with Crippen LogP contribution in [0, 0.1) is 0 Å². The van der Waals surface area contributed by atoms with Gasteiger partial charge in [-0.15, -0.1) is 22.7 Å². The van der Waals surface area contributed by atoms with E-state index in [1.807, 2.05) is 17.5 Å². The maximum Gasteiger partial charge on any atom is 0.358 e. The van der Waals surface area contributed by atoms with E-state index in [4.69, 9.17) is 9.47 Å². The summed E-state index contributed by atoms with van der Waals surface area (Å²) in [5, 5.41) is 7.01. The van der Waals surface area contributed by atoms with Crippen LogP contribution in [0.3, 0.4) is 0 Å². The molecular formula is C18H16N2O4S2. The number of hydrogen-bond donors (Lipinski definition) is 1. The van der Waals surface area contributed by atoms with Crippen LogP contribution in [-0.2, 0) is 9.53 Å². The molecule has 0 aliphatic rings. The van der Waals surface area contributed by atoms with E-state index in [1.54, 1.807) is 48.1 Å². The van der Waals surface area contributed by atoms with Gasteiger partial charge in [-0.2, -0.15) is 0 Å². The van der Waals surface area contributed by atoms with E-state index in [-0.39, 0.29) is 5.69 Å². The summed E-state index contributed by atoms with van der Waals surface area (Å²) in [5.41, 5.74) is 0.755. The number of ether oxygens (including phenoxy) is 2. The second-order valence-electron chi connectivity index (χ2n) is 5.28. The zero-order chi connectivity index (χ0) is 18.5. The van der Waals surface area contributed by atoms with Gasteiger partial charge in [0.25, 0.3) is 5.91 Å². The average Bonchev–Trinajstić information content (AvgIpc) is 3.33. The lowest BCUT2D eigenvalue weighted by Gasteiger charge is -2.13. The van der Waals surface area contributed by atoms with Crippen molar-refractivity contribution in [2.75, 3.05) is 12.4 Å². The van der Waals surface area contributed by atoms with Crippen LogP contribution in [0.15, 0.2) is 47.2 Å². The number of amides is 1. The van der Waals surface area contributed by atoms with Gasteiger partial charge < -0.3 is 14.8 Å². The number of carbonyl (C=O) groups excluding carboxylic acids is 2. The van der Waals surface area contributed by atoms with E-state index < -0.39 is 18.0 Å². The molecule has 0 bridgehead atoms. The summed E-state index contributed by atoms with van der Waals surface area (Å²) < 4.78 is 10.3. The highest BCUT2D eigenvalue weighted by Gasteiger charge is 2.21. The molecule has 0 aliphatic heterocycles. The molecule has 8 heteroatoms. The summed E-state index contributed by atoms with van der Waals surface area (Å²) in [6.07, 6.45) is -0.958. The van der Waals surface area contributed by atoms with Crippen molar-refractivity contribution >= 4 is 40.2 Å². The Morgan fingerprint density at radius 2 is 2.04 bits per heavy atom. The van der Waals surface area contributed by atoms with Gasteiger partial charge in [-0.3, -0.25) is 4.79 Å². The molecular weight excluding hydrogens is 372 g/mol. The number of hydrogen-bond acceptors (Lipinski definition) is 7. The number of rotatable bonds is 6. The van der Waals surface area contributed by atoms with E-state index in [0.29, 0.717) is 11.4 Å². The zero-order valence-corrected chi connectivity index (χ0v) is 15.7. The van der Waals surface area contributed by atoms with E-state index in [2.05, 4.69) is 10.3 Å². The van der Waals surface area contributed by atoms with Gasteiger partial charge in [0, 0.05) is 17.1 Å².